The number of aliphatic carboxylic acids is 1. The van der Waals surface area contributed by atoms with Crippen LogP contribution in [0.5, 0.6) is 0 Å². The Morgan fingerprint density at radius 2 is 1.92 bits per heavy atom. The number of carbonyl (C=O) groups excluding carboxylic acids is 1. The van der Waals surface area contributed by atoms with Crippen molar-refractivity contribution in [2.45, 2.75) is 19.4 Å². The maximum Gasteiger partial charge on any atom is 0.401 e. The lowest BCUT2D eigenvalue weighted by Gasteiger charge is -2.13. The molecule has 0 unspecified atom stereocenters. The summed E-state index contributed by atoms with van der Waals surface area (Å²) in [5.41, 5.74) is 0. The second kappa shape index (κ2) is 4.48. The Balaban J connectivity index is 4.36. The molecule has 0 aliphatic rings. The summed E-state index contributed by atoms with van der Waals surface area (Å²) >= 11 is 0. The smallest absolute Gasteiger partial charge is 0.401 e. The van der Waals surface area contributed by atoms with E-state index in [2.05, 4.69) is 0 Å². The van der Waals surface area contributed by atoms with Crippen LogP contribution >= 0.6 is 7.75 Å². The second-order valence-electron chi connectivity index (χ2n) is 2.47. The van der Waals surface area contributed by atoms with Crippen molar-refractivity contribution in [3.05, 3.63) is 0 Å². The molecule has 0 saturated heterocycles. The summed E-state index contributed by atoms with van der Waals surface area (Å²) < 4.78 is 10.3. The van der Waals surface area contributed by atoms with E-state index in [0.717, 1.165) is 6.92 Å². The van der Waals surface area contributed by atoms with Gasteiger partial charge in [-0.05, 0) is 6.92 Å². The first-order chi connectivity index (χ1) is 5.72. The van der Waals surface area contributed by atoms with Crippen LogP contribution in [0.1, 0.15) is 13.3 Å². The normalized spacial score (nSPS) is 13.8. The molecule has 0 radical (unpaired) electrons. The van der Waals surface area contributed by atoms with Crippen molar-refractivity contribution in [3.63, 3.8) is 0 Å². The number of carboxylic acids is 1. The third-order valence-electron chi connectivity index (χ3n) is 1.11. The summed E-state index contributed by atoms with van der Waals surface area (Å²) in [5.74, 6) is -1.94. The Kier molecular flexibility index (Phi) is 4.22. The molecule has 0 spiro atoms. The molecule has 0 heterocycles. The number of carbonyl (C=O) groups is 2. The molecule has 0 aliphatic carbocycles. The van der Waals surface area contributed by atoms with Crippen molar-refractivity contribution >= 4 is 19.5 Å². The van der Waals surface area contributed by atoms with Gasteiger partial charge in [0.1, 0.15) is 11.8 Å². The van der Waals surface area contributed by atoms with Gasteiger partial charge < -0.3 is 14.9 Å². The highest BCUT2D eigenvalue weighted by atomic mass is 31.2. The summed E-state index contributed by atoms with van der Waals surface area (Å²) in [7, 11) is -4.61. The average molecular weight is 211 g/mol. The lowest BCUT2D eigenvalue weighted by atomic mass is 10.2. The SMILES string of the molecule is CC(=O)C[C@@H](NP(=O)(O)O)C(=O)O. The zero-order valence-corrected chi connectivity index (χ0v) is 7.69. The van der Waals surface area contributed by atoms with E-state index in [0.29, 0.717) is 0 Å². The van der Waals surface area contributed by atoms with E-state index < -0.39 is 32.0 Å². The van der Waals surface area contributed by atoms with E-state index in [9.17, 15) is 14.2 Å². The summed E-state index contributed by atoms with van der Waals surface area (Å²) in [6.45, 7) is 1.14. The lowest BCUT2D eigenvalue weighted by molar-refractivity contribution is -0.140. The molecule has 1 atom stereocenters. The molecular formula is C5H10NO6P. The first-order valence-electron chi connectivity index (χ1n) is 3.28. The van der Waals surface area contributed by atoms with Crippen molar-refractivity contribution in [3.8, 4) is 0 Å². The molecule has 0 bridgehead atoms. The van der Waals surface area contributed by atoms with Crippen LogP contribution in [0.25, 0.3) is 0 Å². The van der Waals surface area contributed by atoms with Gasteiger partial charge in [0, 0.05) is 6.42 Å². The largest absolute Gasteiger partial charge is 0.480 e. The maximum absolute atomic E-state index is 10.5. The summed E-state index contributed by atoms with van der Waals surface area (Å²) in [6, 6.07) is -1.54. The Morgan fingerprint density at radius 3 is 2.15 bits per heavy atom. The molecule has 0 fully saturated rings. The Labute approximate surface area is 74.0 Å². The van der Waals surface area contributed by atoms with Crippen LogP contribution < -0.4 is 5.09 Å². The molecular weight excluding hydrogens is 201 g/mol. The number of nitrogens with one attached hydrogen (secondary N) is 1. The van der Waals surface area contributed by atoms with E-state index in [1.165, 1.54) is 5.09 Å². The third kappa shape index (κ3) is 6.41. The fourth-order valence-corrected chi connectivity index (χ4v) is 1.29. The number of rotatable bonds is 5. The number of hydrogen-bond donors (Lipinski definition) is 4. The van der Waals surface area contributed by atoms with Crippen LogP contribution in [0.15, 0.2) is 0 Å². The fraction of sp³-hybridized carbons (Fsp3) is 0.600. The van der Waals surface area contributed by atoms with Crippen molar-refractivity contribution < 1.29 is 29.0 Å². The molecule has 0 amide bonds. The zero-order chi connectivity index (χ0) is 10.6. The van der Waals surface area contributed by atoms with Gasteiger partial charge >= 0.3 is 13.7 Å². The summed E-state index contributed by atoms with van der Waals surface area (Å²) in [6.07, 6.45) is -0.458. The van der Waals surface area contributed by atoms with Gasteiger partial charge in [-0.1, -0.05) is 0 Å². The minimum atomic E-state index is -4.61. The van der Waals surface area contributed by atoms with Gasteiger partial charge in [-0.2, -0.15) is 0 Å². The van der Waals surface area contributed by atoms with Gasteiger partial charge in [0.25, 0.3) is 0 Å². The molecule has 0 rings (SSSR count). The van der Waals surface area contributed by atoms with Gasteiger partial charge in [-0.15, -0.1) is 0 Å². The highest BCUT2D eigenvalue weighted by molar-refractivity contribution is 7.49. The van der Waals surface area contributed by atoms with Gasteiger partial charge in [0.2, 0.25) is 0 Å². The molecule has 4 N–H and O–H groups in total. The summed E-state index contributed by atoms with van der Waals surface area (Å²) in [5, 5.41) is 9.96. The topological polar surface area (TPSA) is 124 Å². The number of ketones is 1. The van der Waals surface area contributed by atoms with Crippen LogP contribution in [-0.2, 0) is 14.2 Å². The summed E-state index contributed by atoms with van der Waals surface area (Å²) in [4.78, 5) is 37.6. The van der Waals surface area contributed by atoms with E-state index in [1.807, 2.05) is 0 Å². The number of hydrogen-bond acceptors (Lipinski definition) is 3. The predicted octanol–water partition coefficient (Wildman–Crippen LogP) is -0.899. The highest BCUT2D eigenvalue weighted by Crippen LogP contribution is 2.29. The highest BCUT2D eigenvalue weighted by Gasteiger charge is 2.26. The molecule has 7 nitrogen and oxygen atoms in total. The van der Waals surface area contributed by atoms with E-state index in [1.54, 1.807) is 0 Å². The number of carboxylic acid groups (broad SMARTS) is 1. The molecule has 0 aromatic rings. The Morgan fingerprint density at radius 1 is 1.46 bits per heavy atom. The lowest BCUT2D eigenvalue weighted by Crippen LogP contribution is -2.35. The van der Waals surface area contributed by atoms with Crippen LogP contribution in [0, 0.1) is 0 Å². The predicted molar refractivity (Wildman–Crippen MR) is 41.9 cm³/mol. The van der Waals surface area contributed by atoms with Crippen molar-refractivity contribution in [1.29, 1.82) is 0 Å². The van der Waals surface area contributed by atoms with Crippen molar-refractivity contribution in [1.82, 2.24) is 5.09 Å². The third-order valence-corrected chi connectivity index (χ3v) is 1.76. The van der Waals surface area contributed by atoms with E-state index in [-0.39, 0.29) is 0 Å². The molecule has 13 heavy (non-hydrogen) atoms. The standard InChI is InChI=1S/C5H10NO6P/c1-3(7)2-4(5(8)9)6-13(10,11)12/h4H,2H2,1H3,(H,8,9)(H3,6,10,11,12)/t4-/m1/s1. The molecule has 0 aromatic heterocycles. The van der Waals surface area contributed by atoms with Gasteiger partial charge in [-0.25, -0.2) is 9.65 Å². The molecule has 0 saturated carbocycles. The van der Waals surface area contributed by atoms with Gasteiger partial charge in [-0.3, -0.25) is 9.59 Å². The van der Waals surface area contributed by atoms with Gasteiger partial charge in [0.05, 0.1) is 0 Å². The first-order valence-corrected chi connectivity index (χ1v) is 4.89. The van der Waals surface area contributed by atoms with E-state index >= 15 is 0 Å². The fourth-order valence-electron chi connectivity index (χ4n) is 0.679. The first kappa shape index (κ1) is 12.2. The van der Waals surface area contributed by atoms with E-state index in [4.69, 9.17) is 14.9 Å². The Hall–Kier alpha value is -0.750. The van der Waals surface area contributed by atoms with Crippen LogP contribution in [0.2, 0.25) is 0 Å². The monoisotopic (exact) mass is 211 g/mol. The van der Waals surface area contributed by atoms with Crippen LogP contribution in [-0.4, -0.2) is 32.7 Å². The second-order valence-corrected chi connectivity index (χ2v) is 3.82. The maximum atomic E-state index is 10.5. The van der Waals surface area contributed by atoms with Crippen molar-refractivity contribution in [2.24, 2.45) is 0 Å². The molecule has 76 valence electrons. The zero-order valence-electron chi connectivity index (χ0n) is 6.80. The number of Topliss-reactive ketones (excluding diaryl/α,β-unsaturated/α-hetero) is 1. The van der Waals surface area contributed by atoms with Crippen LogP contribution in [0.3, 0.4) is 0 Å². The van der Waals surface area contributed by atoms with Crippen molar-refractivity contribution in [2.75, 3.05) is 0 Å². The minimum absolute atomic E-state index is 0.458. The molecule has 0 aliphatic heterocycles. The van der Waals surface area contributed by atoms with Gasteiger partial charge in [0.15, 0.2) is 0 Å². The molecule has 8 heteroatoms. The minimum Gasteiger partial charge on any atom is -0.480 e. The quantitative estimate of drug-likeness (QED) is 0.434. The Bertz CT molecular complexity index is 258. The van der Waals surface area contributed by atoms with Crippen LogP contribution in [0.4, 0.5) is 0 Å². The molecule has 0 aromatic carbocycles. The average Bonchev–Trinajstić information content (AvgIpc) is 1.81.